The Bertz CT molecular complexity index is 354. The van der Waals surface area contributed by atoms with E-state index in [1.54, 1.807) is 11.2 Å². The summed E-state index contributed by atoms with van der Waals surface area (Å²) in [5, 5.41) is 16.7. The van der Waals surface area contributed by atoms with Gasteiger partial charge in [0.15, 0.2) is 0 Å². The summed E-state index contributed by atoms with van der Waals surface area (Å²) in [7, 11) is 3.63. The van der Waals surface area contributed by atoms with Gasteiger partial charge < -0.3 is 5.11 Å². The summed E-state index contributed by atoms with van der Waals surface area (Å²) in [6.45, 7) is 0. The number of hydrogen-bond donors (Lipinski definition) is 0. The highest BCUT2D eigenvalue weighted by atomic mass is 16.5. The standard InChI is InChI=1S/C8H12N4O2/c1-11(2)12-5-7(14-10-12)9-8(13)6-3-4-6/h5-6H,3-4H2,1-2H3. The molecule has 0 unspecified atom stereocenters. The van der Waals surface area contributed by atoms with E-state index in [0.717, 1.165) is 12.8 Å². The van der Waals surface area contributed by atoms with Crippen molar-refractivity contribution < 1.29 is 14.4 Å². The molecule has 1 aliphatic carbocycles. The van der Waals surface area contributed by atoms with E-state index in [1.807, 2.05) is 14.1 Å². The number of aromatic nitrogens is 2. The maximum atomic E-state index is 11.3. The Morgan fingerprint density at radius 3 is 2.93 bits per heavy atom. The predicted molar refractivity (Wildman–Crippen MR) is 46.6 cm³/mol. The van der Waals surface area contributed by atoms with Gasteiger partial charge in [0.25, 0.3) is 6.20 Å². The van der Waals surface area contributed by atoms with Crippen molar-refractivity contribution in [3.05, 3.63) is 6.20 Å². The third-order valence-corrected chi connectivity index (χ3v) is 2.00. The third-order valence-electron chi connectivity index (χ3n) is 2.00. The van der Waals surface area contributed by atoms with E-state index >= 15 is 0 Å². The van der Waals surface area contributed by atoms with Crippen LogP contribution in [0.3, 0.4) is 0 Å². The van der Waals surface area contributed by atoms with Crippen molar-refractivity contribution in [1.82, 2.24) is 5.27 Å². The number of hydrogen-bond acceptors (Lipinski definition) is 5. The Labute approximate surface area is 81.4 Å². The second-order valence-electron chi connectivity index (χ2n) is 3.53. The molecule has 1 aromatic heterocycles. The molecule has 1 heterocycles. The molecule has 1 aromatic rings. The largest absolute Gasteiger partial charge is 0.861 e. The summed E-state index contributed by atoms with van der Waals surface area (Å²) in [5.74, 6) is 0.274. The average Bonchev–Trinajstić information content (AvgIpc) is 2.87. The van der Waals surface area contributed by atoms with E-state index in [1.165, 1.54) is 4.79 Å². The van der Waals surface area contributed by atoms with Crippen molar-refractivity contribution in [3.63, 3.8) is 0 Å². The van der Waals surface area contributed by atoms with Gasteiger partial charge in [-0.05, 0) is 24.7 Å². The van der Waals surface area contributed by atoms with Crippen LogP contribution in [0.2, 0.25) is 0 Å². The number of nitrogens with zero attached hydrogens (tertiary/aromatic N) is 4. The molecule has 6 heteroatoms. The Morgan fingerprint density at radius 2 is 2.43 bits per heavy atom. The van der Waals surface area contributed by atoms with E-state index in [0.29, 0.717) is 0 Å². The van der Waals surface area contributed by atoms with Gasteiger partial charge in [0, 0.05) is 0 Å². The minimum atomic E-state index is -0.105. The first kappa shape index (κ1) is 8.98. The van der Waals surface area contributed by atoms with Crippen molar-refractivity contribution in [1.29, 1.82) is 0 Å². The normalized spacial score (nSPS) is 17.1. The summed E-state index contributed by atoms with van der Waals surface area (Å²) >= 11 is 0. The molecule has 0 spiro atoms. The summed E-state index contributed by atoms with van der Waals surface area (Å²) < 4.78 is 4.86. The highest BCUT2D eigenvalue weighted by Crippen LogP contribution is 2.29. The third kappa shape index (κ3) is 1.84. The highest BCUT2D eigenvalue weighted by Gasteiger charge is 2.22. The summed E-state index contributed by atoms with van der Waals surface area (Å²) in [4.78, 5) is 5.28. The molecule has 0 N–H and O–H groups in total. The van der Waals surface area contributed by atoms with Crippen molar-refractivity contribution in [3.8, 4) is 0 Å². The Hall–Kier alpha value is -1.59. The fraction of sp³-hybridized carbons (Fsp3) is 0.625. The molecule has 0 radical (unpaired) electrons. The molecular formula is C8H12N4O2. The van der Waals surface area contributed by atoms with Crippen LogP contribution < -0.4 is 14.9 Å². The van der Waals surface area contributed by atoms with E-state index in [4.69, 9.17) is 4.52 Å². The quantitative estimate of drug-likeness (QED) is 0.352. The van der Waals surface area contributed by atoms with Crippen LogP contribution in [0.5, 0.6) is 0 Å². The van der Waals surface area contributed by atoms with Crippen LogP contribution in [0, 0.1) is 5.92 Å². The molecule has 0 aromatic carbocycles. The Kier molecular flexibility index (Phi) is 2.11. The molecule has 6 nitrogen and oxygen atoms in total. The molecule has 76 valence electrons. The lowest BCUT2D eigenvalue weighted by Gasteiger charge is -2.04. The molecule has 1 fully saturated rings. The summed E-state index contributed by atoms with van der Waals surface area (Å²) in [6.07, 6.45) is 3.47. The van der Waals surface area contributed by atoms with Crippen molar-refractivity contribution >= 4 is 11.8 Å². The van der Waals surface area contributed by atoms with Gasteiger partial charge in [-0.3, -0.25) is 4.52 Å². The van der Waals surface area contributed by atoms with Crippen LogP contribution in [0.4, 0.5) is 5.88 Å². The Morgan fingerprint density at radius 1 is 1.71 bits per heavy atom. The lowest BCUT2D eigenvalue weighted by Crippen LogP contribution is -2.53. The van der Waals surface area contributed by atoms with Gasteiger partial charge in [-0.25, -0.2) is 4.99 Å². The fourth-order valence-electron chi connectivity index (χ4n) is 0.998. The molecule has 0 aliphatic heterocycles. The average molecular weight is 196 g/mol. The first-order chi connectivity index (χ1) is 6.66. The van der Waals surface area contributed by atoms with Crippen molar-refractivity contribution in [2.24, 2.45) is 10.9 Å². The zero-order valence-corrected chi connectivity index (χ0v) is 8.17. The minimum absolute atomic E-state index is 0.105. The van der Waals surface area contributed by atoms with E-state index in [9.17, 15) is 5.11 Å². The number of aliphatic imine (C=N–C) groups is 1. The van der Waals surface area contributed by atoms with Crippen LogP contribution in [0.1, 0.15) is 12.8 Å². The Balaban J connectivity index is 2.12. The topological polar surface area (TPSA) is 68.6 Å². The second-order valence-corrected chi connectivity index (χ2v) is 3.53. The first-order valence-electron chi connectivity index (χ1n) is 4.48. The molecule has 0 atom stereocenters. The monoisotopic (exact) mass is 196 g/mol. The maximum absolute atomic E-state index is 11.3. The summed E-state index contributed by atoms with van der Waals surface area (Å²) in [6, 6.07) is 0. The maximum Gasteiger partial charge on any atom is 0.324 e. The molecule has 0 bridgehead atoms. The van der Waals surface area contributed by atoms with Crippen LogP contribution in [0.15, 0.2) is 15.7 Å². The lowest BCUT2D eigenvalue weighted by molar-refractivity contribution is -0.753. The molecule has 0 amide bonds. The van der Waals surface area contributed by atoms with Gasteiger partial charge in [-0.15, -0.1) is 0 Å². The molecular weight excluding hydrogens is 184 g/mol. The van der Waals surface area contributed by atoms with Gasteiger partial charge in [0.05, 0.1) is 18.9 Å². The van der Waals surface area contributed by atoms with Crippen molar-refractivity contribution in [2.45, 2.75) is 12.8 Å². The smallest absolute Gasteiger partial charge is 0.324 e. The lowest BCUT2D eigenvalue weighted by atomic mass is 10.4. The fourth-order valence-corrected chi connectivity index (χ4v) is 0.998. The molecule has 14 heavy (non-hydrogen) atoms. The van der Waals surface area contributed by atoms with Crippen LogP contribution >= 0.6 is 0 Å². The van der Waals surface area contributed by atoms with Gasteiger partial charge in [0.2, 0.25) is 5.27 Å². The van der Waals surface area contributed by atoms with Crippen molar-refractivity contribution in [2.75, 3.05) is 19.1 Å². The van der Waals surface area contributed by atoms with E-state index in [-0.39, 0.29) is 17.7 Å². The molecule has 0 saturated heterocycles. The highest BCUT2D eigenvalue weighted by molar-refractivity contribution is 5.78. The van der Waals surface area contributed by atoms with Gasteiger partial charge in [-0.1, -0.05) is 0 Å². The molecule has 1 saturated carbocycles. The van der Waals surface area contributed by atoms with E-state index in [2.05, 4.69) is 10.3 Å². The SMILES string of the molecule is CN(C)[n+]1cc(N=C([O-])C2CC2)on1. The summed E-state index contributed by atoms with van der Waals surface area (Å²) in [5.41, 5.74) is 0. The van der Waals surface area contributed by atoms with Gasteiger partial charge >= 0.3 is 5.88 Å². The minimum Gasteiger partial charge on any atom is -0.861 e. The molecule has 2 rings (SSSR count). The van der Waals surface area contributed by atoms with E-state index < -0.39 is 0 Å². The predicted octanol–water partition coefficient (Wildman–Crippen LogP) is -1.04. The van der Waals surface area contributed by atoms with Gasteiger partial charge in [-0.2, -0.15) is 5.01 Å². The zero-order chi connectivity index (χ0) is 10.1. The second kappa shape index (κ2) is 3.28. The van der Waals surface area contributed by atoms with Crippen LogP contribution in [0.25, 0.3) is 0 Å². The molecule has 1 aliphatic rings. The zero-order valence-electron chi connectivity index (χ0n) is 8.17. The van der Waals surface area contributed by atoms with Crippen LogP contribution in [-0.4, -0.2) is 25.3 Å². The van der Waals surface area contributed by atoms with Gasteiger partial charge in [0.1, 0.15) is 0 Å². The van der Waals surface area contributed by atoms with Crippen LogP contribution in [-0.2, 0) is 0 Å². The first-order valence-corrected chi connectivity index (χ1v) is 4.48. The number of rotatable bonds is 3.